The first-order valence-electron chi connectivity index (χ1n) is 10.8. The van der Waals surface area contributed by atoms with Gasteiger partial charge in [-0.3, -0.25) is 9.78 Å². The van der Waals surface area contributed by atoms with Gasteiger partial charge in [0, 0.05) is 42.2 Å². The number of rotatable bonds is 5. The molecule has 31 heavy (non-hydrogen) atoms. The normalized spacial score (nSPS) is 18.6. The topological polar surface area (TPSA) is 71.0 Å². The molecule has 7 heteroatoms. The second-order valence-corrected chi connectivity index (χ2v) is 8.19. The minimum Gasteiger partial charge on any atom is -0.340 e. The van der Waals surface area contributed by atoms with Crippen molar-refractivity contribution in [2.24, 2.45) is 5.92 Å². The average Bonchev–Trinajstić information content (AvgIpc) is 3.23. The second-order valence-electron chi connectivity index (χ2n) is 8.19. The number of anilines is 2. The summed E-state index contributed by atoms with van der Waals surface area (Å²) < 4.78 is 13.7. The highest BCUT2D eigenvalue weighted by atomic mass is 19.1. The van der Waals surface area contributed by atoms with Crippen molar-refractivity contribution in [2.75, 3.05) is 11.9 Å². The highest BCUT2D eigenvalue weighted by molar-refractivity contribution is 5.80. The smallest absolute Gasteiger partial charge is 0.226 e. The van der Waals surface area contributed by atoms with Gasteiger partial charge in [-0.2, -0.15) is 0 Å². The monoisotopic (exact) mass is 417 g/mol. The van der Waals surface area contributed by atoms with Crippen LogP contribution in [0.15, 0.2) is 54.9 Å². The van der Waals surface area contributed by atoms with Gasteiger partial charge in [0.2, 0.25) is 5.91 Å². The largest absolute Gasteiger partial charge is 0.340 e. The molecule has 158 valence electrons. The number of benzene rings is 1. The number of likely N-dealkylation sites (tertiary alicyclic amines) is 1. The van der Waals surface area contributed by atoms with Crippen LogP contribution in [0.25, 0.3) is 11.3 Å². The Hall–Kier alpha value is -3.35. The fourth-order valence-corrected chi connectivity index (χ4v) is 4.25. The van der Waals surface area contributed by atoms with Crippen LogP contribution in [-0.4, -0.2) is 32.3 Å². The predicted molar refractivity (Wildman–Crippen MR) is 116 cm³/mol. The first-order chi connectivity index (χ1) is 15.2. The Bertz CT molecular complexity index is 1090. The van der Waals surface area contributed by atoms with Crippen LogP contribution in [0.3, 0.4) is 0 Å². The summed E-state index contributed by atoms with van der Waals surface area (Å²) in [6.45, 7) is 0.746. The first-order valence-corrected chi connectivity index (χ1v) is 10.8. The zero-order chi connectivity index (χ0) is 21.2. The van der Waals surface area contributed by atoms with E-state index in [4.69, 9.17) is 9.97 Å². The van der Waals surface area contributed by atoms with Gasteiger partial charge in [0.25, 0.3) is 0 Å². The fraction of sp³-hybridized carbons (Fsp3) is 0.333. The number of nitrogens with zero attached hydrogens (tertiary/aromatic N) is 4. The van der Waals surface area contributed by atoms with Crippen LogP contribution in [0, 0.1) is 11.7 Å². The molecule has 0 bridgehead atoms. The fourth-order valence-electron chi connectivity index (χ4n) is 4.25. The van der Waals surface area contributed by atoms with Crippen molar-refractivity contribution in [3.63, 3.8) is 0 Å². The van der Waals surface area contributed by atoms with Crippen molar-refractivity contribution >= 4 is 17.4 Å². The van der Waals surface area contributed by atoms with E-state index in [1.54, 1.807) is 24.5 Å². The number of pyridine rings is 1. The standard InChI is InChI=1S/C24H24FN5O/c25-18-6-2-7-19(14-18)27-22-15-20(16-9-11-26-12-10-16)28-23(29-22)21-8-3-13-30(21)24(31)17-4-1-5-17/h2,6-7,9-12,14-15,17,21H,1,3-5,8,13H2,(H,27,28,29). The van der Waals surface area contributed by atoms with Gasteiger partial charge < -0.3 is 10.2 Å². The van der Waals surface area contributed by atoms with Gasteiger partial charge in [0.05, 0.1) is 11.7 Å². The van der Waals surface area contributed by atoms with Crippen molar-refractivity contribution in [1.82, 2.24) is 19.9 Å². The number of hydrogen-bond donors (Lipinski definition) is 1. The van der Waals surface area contributed by atoms with E-state index >= 15 is 0 Å². The lowest BCUT2D eigenvalue weighted by Crippen LogP contribution is -2.38. The maximum Gasteiger partial charge on any atom is 0.226 e. The lowest BCUT2D eigenvalue weighted by atomic mass is 9.84. The van der Waals surface area contributed by atoms with Gasteiger partial charge >= 0.3 is 0 Å². The van der Waals surface area contributed by atoms with Crippen molar-refractivity contribution in [2.45, 2.75) is 38.1 Å². The van der Waals surface area contributed by atoms with Crippen LogP contribution in [0.4, 0.5) is 15.9 Å². The first kappa shape index (κ1) is 19.6. The van der Waals surface area contributed by atoms with E-state index in [1.807, 2.05) is 23.1 Å². The van der Waals surface area contributed by atoms with E-state index in [1.165, 1.54) is 12.1 Å². The van der Waals surface area contributed by atoms with Gasteiger partial charge in [0.1, 0.15) is 11.6 Å². The number of carbonyl (C=O) groups excluding carboxylic acids is 1. The number of hydrogen-bond acceptors (Lipinski definition) is 5. The number of nitrogens with one attached hydrogen (secondary N) is 1. The third kappa shape index (κ3) is 4.13. The van der Waals surface area contributed by atoms with Gasteiger partial charge in [-0.15, -0.1) is 0 Å². The Labute approximate surface area is 180 Å². The van der Waals surface area contributed by atoms with Gasteiger partial charge in [0.15, 0.2) is 5.82 Å². The van der Waals surface area contributed by atoms with Crippen molar-refractivity contribution < 1.29 is 9.18 Å². The molecular formula is C24H24FN5O. The van der Waals surface area contributed by atoms with E-state index < -0.39 is 0 Å². The molecule has 2 aliphatic rings. The summed E-state index contributed by atoms with van der Waals surface area (Å²) in [6, 6.07) is 11.8. The Morgan fingerprint density at radius 1 is 1.03 bits per heavy atom. The number of aromatic nitrogens is 3. The molecule has 0 radical (unpaired) electrons. The molecule has 1 unspecified atom stereocenters. The molecule has 1 aliphatic carbocycles. The van der Waals surface area contributed by atoms with Gasteiger partial charge in [-0.1, -0.05) is 12.5 Å². The lowest BCUT2D eigenvalue weighted by Gasteiger charge is -2.32. The third-order valence-corrected chi connectivity index (χ3v) is 6.10. The van der Waals surface area contributed by atoms with Crippen molar-refractivity contribution in [3.8, 4) is 11.3 Å². The molecule has 0 spiro atoms. The van der Waals surface area contributed by atoms with Gasteiger partial charge in [-0.05, 0) is 56.0 Å². The van der Waals surface area contributed by atoms with E-state index in [2.05, 4.69) is 10.3 Å². The van der Waals surface area contributed by atoms with Crippen molar-refractivity contribution in [3.05, 3.63) is 66.5 Å². The van der Waals surface area contributed by atoms with Crippen LogP contribution >= 0.6 is 0 Å². The molecule has 1 saturated carbocycles. The molecule has 1 amide bonds. The number of amides is 1. The van der Waals surface area contributed by atoms with Gasteiger partial charge in [-0.25, -0.2) is 14.4 Å². The maximum atomic E-state index is 13.7. The summed E-state index contributed by atoms with van der Waals surface area (Å²) in [5.41, 5.74) is 2.27. The summed E-state index contributed by atoms with van der Waals surface area (Å²) >= 11 is 0. The molecule has 2 aromatic heterocycles. The third-order valence-electron chi connectivity index (χ3n) is 6.10. The molecule has 1 N–H and O–H groups in total. The summed E-state index contributed by atoms with van der Waals surface area (Å²) in [7, 11) is 0. The molecule has 1 aromatic carbocycles. The average molecular weight is 417 g/mol. The Morgan fingerprint density at radius 3 is 2.61 bits per heavy atom. The molecule has 1 atom stereocenters. The minimum atomic E-state index is -0.318. The highest BCUT2D eigenvalue weighted by Gasteiger charge is 2.37. The molecular weight excluding hydrogens is 393 g/mol. The summed E-state index contributed by atoms with van der Waals surface area (Å²) in [6.07, 6.45) is 8.32. The molecule has 1 saturated heterocycles. The second kappa shape index (κ2) is 8.41. The molecule has 5 rings (SSSR count). The lowest BCUT2D eigenvalue weighted by molar-refractivity contribution is -0.139. The van der Waals surface area contributed by atoms with Crippen LogP contribution in [-0.2, 0) is 4.79 Å². The van der Waals surface area contributed by atoms with Crippen LogP contribution in [0.1, 0.15) is 44.0 Å². The SMILES string of the molecule is O=C(C1CCC1)N1CCCC1c1nc(Nc2cccc(F)c2)cc(-c2ccncc2)n1. The zero-order valence-electron chi connectivity index (χ0n) is 17.2. The van der Waals surface area contributed by atoms with E-state index in [-0.39, 0.29) is 23.7 Å². The summed E-state index contributed by atoms with van der Waals surface area (Å²) in [5.74, 6) is 1.26. The van der Waals surface area contributed by atoms with E-state index in [0.29, 0.717) is 17.3 Å². The predicted octanol–water partition coefficient (Wildman–Crippen LogP) is 4.88. The maximum absolute atomic E-state index is 13.7. The molecule has 1 aliphatic heterocycles. The summed E-state index contributed by atoms with van der Waals surface area (Å²) in [4.78, 5) is 28.6. The molecule has 2 fully saturated rings. The molecule has 3 aromatic rings. The van der Waals surface area contributed by atoms with E-state index in [0.717, 1.165) is 49.9 Å². The quantitative estimate of drug-likeness (QED) is 0.640. The summed E-state index contributed by atoms with van der Waals surface area (Å²) in [5, 5.41) is 3.20. The van der Waals surface area contributed by atoms with Crippen LogP contribution < -0.4 is 5.32 Å². The molecule has 6 nitrogen and oxygen atoms in total. The zero-order valence-corrected chi connectivity index (χ0v) is 17.2. The van der Waals surface area contributed by atoms with E-state index in [9.17, 15) is 9.18 Å². The number of halogens is 1. The van der Waals surface area contributed by atoms with Crippen LogP contribution in [0.5, 0.6) is 0 Å². The van der Waals surface area contributed by atoms with Crippen molar-refractivity contribution in [1.29, 1.82) is 0 Å². The highest BCUT2D eigenvalue weighted by Crippen LogP contribution is 2.37. The van der Waals surface area contributed by atoms with Crippen LogP contribution in [0.2, 0.25) is 0 Å². The Balaban J connectivity index is 1.51. The molecule has 3 heterocycles. The number of carbonyl (C=O) groups is 1. The Kier molecular flexibility index (Phi) is 5.32. The minimum absolute atomic E-state index is 0.136. The Morgan fingerprint density at radius 2 is 1.87 bits per heavy atom.